The maximum absolute atomic E-state index is 12.0. The Bertz CT molecular complexity index is 560. The molecule has 0 atom stereocenters. The van der Waals surface area contributed by atoms with Crippen molar-refractivity contribution in [3.8, 4) is 5.75 Å². The molecule has 100 valence electrons. The Morgan fingerprint density at radius 2 is 2.21 bits per heavy atom. The molecule has 2 aromatic rings. The van der Waals surface area contributed by atoms with Crippen molar-refractivity contribution in [3.05, 3.63) is 48.0 Å². The summed E-state index contributed by atoms with van der Waals surface area (Å²) in [6, 6.07) is 5.89. The Kier molecular flexibility index (Phi) is 4.00. The molecule has 0 aliphatic heterocycles. The van der Waals surface area contributed by atoms with Crippen molar-refractivity contribution in [1.82, 2.24) is 9.55 Å². The lowest BCUT2D eigenvalue weighted by Crippen LogP contribution is -2.11. The summed E-state index contributed by atoms with van der Waals surface area (Å²) in [7, 11) is 1.66. The standard InChI is InChI=1S/C15H18N2O2/c1-11(2)13-8-12(4-5-14(13)19-3)9-15(18)17-7-6-16-10-17/h4-8,10-11H,9H2,1-3H3. The van der Waals surface area contributed by atoms with E-state index in [-0.39, 0.29) is 5.91 Å². The van der Waals surface area contributed by atoms with E-state index in [1.165, 1.54) is 10.9 Å². The molecule has 0 aliphatic carbocycles. The van der Waals surface area contributed by atoms with E-state index >= 15 is 0 Å². The van der Waals surface area contributed by atoms with Crippen molar-refractivity contribution in [1.29, 1.82) is 0 Å². The molecule has 2 rings (SSSR count). The monoisotopic (exact) mass is 258 g/mol. The zero-order valence-corrected chi connectivity index (χ0v) is 11.5. The van der Waals surface area contributed by atoms with Gasteiger partial charge in [-0.1, -0.05) is 26.0 Å². The molecule has 0 saturated heterocycles. The van der Waals surface area contributed by atoms with Gasteiger partial charge in [-0.15, -0.1) is 0 Å². The van der Waals surface area contributed by atoms with E-state index < -0.39 is 0 Å². The van der Waals surface area contributed by atoms with Gasteiger partial charge in [0, 0.05) is 12.4 Å². The van der Waals surface area contributed by atoms with Crippen LogP contribution in [0.1, 0.15) is 35.7 Å². The molecule has 1 aromatic carbocycles. The minimum Gasteiger partial charge on any atom is -0.496 e. The number of nitrogens with zero attached hydrogens (tertiary/aromatic N) is 2. The quantitative estimate of drug-likeness (QED) is 0.847. The molecule has 1 aromatic heterocycles. The predicted molar refractivity (Wildman–Crippen MR) is 73.6 cm³/mol. The maximum Gasteiger partial charge on any atom is 0.236 e. The first-order chi connectivity index (χ1) is 9.11. The fourth-order valence-corrected chi connectivity index (χ4v) is 2.02. The molecule has 0 N–H and O–H groups in total. The highest BCUT2D eigenvalue weighted by Crippen LogP contribution is 2.27. The van der Waals surface area contributed by atoms with Gasteiger partial charge in [0.1, 0.15) is 12.1 Å². The molecule has 0 radical (unpaired) electrons. The van der Waals surface area contributed by atoms with Gasteiger partial charge in [0.25, 0.3) is 0 Å². The van der Waals surface area contributed by atoms with E-state index in [0.717, 1.165) is 16.9 Å². The number of carbonyl (C=O) groups is 1. The molecule has 19 heavy (non-hydrogen) atoms. The zero-order valence-electron chi connectivity index (χ0n) is 11.5. The van der Waals surface area contributed by atoms with E-state index in [4.69, 9.17) is 4.74 Å². The van der Waals surface area contributed by atoms with Crippen molar-refractivity contribution in [3.63, 3.8) is 0 Å². The average Bonchev–Trinajstić information content (AvgIpc) is 2.92. The molecule has 0 aliphatic rings. The van der Waals surface area contributed by atoms with E-state index in [9.17, 15) is 4.79 Å². The van der Waals surface area contributed by atoms with E-state index in [2.05, 4.69) is 18.8 Å². The van der Waals surface area contributed by atoms with E-state index in [0.29, 0.717) is 12.3 Å². The van der Waals surface area contributed by atoms with Gasteiger partial charge in [0.15, 0.2) is 0 Å². The Labute approximate surface area is 113 Å². The van der Waals surface area contributed by atoms with Gasteiger partial charge < -0.3 is 4.74 Å². The van der Waals surface area contributed by atoms with Gasteiger partial charge in [-0.2, -0.15) is 0 Å². The van der Waals surface area contributed by atoms with Crippen LogP contribution >= 0.6 is 0 Å². The second-order valence-electron chi connectivity index (χ2n) is 4.77. The Hall–Kier alpha value is -2.10. The van der Waals surface area contributed by atoms with Crippen LogP contribution in [0.5, 0.6) is 5.75 Å². The van der Waals surface area contributed by atoms with Crippen LogP contribution in [0.25, 0.3) is 0 Å². The van der Waals surface area contributed by atoms with E-state index in [1.807, 2.05) is 18.2 Å². The van der Waals surface area contributed by atoms with Crippen LogP contribution in [0.15, 0.2) is 36.9 Å². The van der Waals surface area contributed by atoms with Gasteiger partial charge >= 0.3 is 0 Å². The molecule has 1 heterocycles. The molecule has 4 nitrogen and oxygen atoms in total. The lowest BCUT2D eigenvalue weighted by molar-refractivity contribution is 0.0914. The minimum atomic E-state index is 0.0115. The van der Waals surface area contributed by atoms with Gasteiger partial charge in [-0.05, 0) is 23.1 Å². The highest BCUT2D eigenvalue weighted by Gasteiger charge is 2.11. The number of rotatable bonds is 4. The minimum absolute atomic E-state index is 0.0115. The highest BCUT2D eigenvalue weighted by molar-refractivity contribution is 5.81. The number of imidazole rings is 1. The smallest absolute Gasteiger partial charge is 0.236 e. The largest absolute Gasteiger partial charge is 0.496 e. The first kappa shape index (κ1) is 13.3. The summed E-state index contributed by atoms with van der Waals surface area (Å²) in [5.41, 5.74) is 2.11. The van der Waals surface area contributed by atoms with Crippen LogP contribution in [-0.4, -0.2) is 22.6 Å². The second-order valence-corrected chi connectivity index (χ2v) is 4.77. The van der Waals surface area contributed by atoms with Crippen molar-refractivity contribution < 1.29 is 9.53 Å². The first-order valence-electron chi connectivity index (χ1n) is 6.29. The van der Waals surface area contributed by atoms with Crippen molar-refractivity contribution >= 4 is 5.91 Å². The summed E-state index contributed by atoms with van der Waals surface area (Å²) in [4.78, 5) is 15.9. The molecule has 0 amide bonds. The topological polar surface area (TPSA) is 44.1 Å². The number of methoxy groups -OCH3 is 1. The number of hydrogen-bond acceptors (Lipinski definition) is 3. The highest BCUT2D eigenvalue weighted by atomic mass is 16.5. The van der Waals surface area contributed by atoms with Gasteiger partial charge in [-0.3, -0.25) is 9.36 Å². The summed E-state index contributed by atoms with van der Waals surface area (Å²) in [6.07, 6.45) is 5.15. The van der Waals surface area contributed by atoms with Crippen molar-refractivity contribution in [2.75, 3.05) is 7.11 Å². The van der Waals surface area contributed by atoms with Crippen LogP contribution in [0.3, 0.4) is 0 Å². The molecular weight excluding hydrogens is 240 g/mol. The average molecular weight is 258 g/mol. The lowest BCUT2D eigenvalue weighted by atomic mass is 9.98. The number of aromatic nitrogens is 2. The summed E-state index contributed by atoms with van der Waals surface area (Å²) in [5.74, 6) is 1.24. The normalized spacial score (nSPS) is 10.7. The van der Waals surface area contributed by atoms with Crippen molar-refractivity contribution in [2.45, 2.75) is 26.2 Å². The SMILES string of the molecule is COc1ccc(CC(=O)n2ccnc2)cc1C(C)C. The van der Waals surface area contributed by atoms with Gasteiger partial charge in [0.2, 0.25) is 5.91 Å². The third-order valence-corrected chi connectivity index (χ3v) is 3.06. The molecular formula is C15H18N2O2. The zero-order chi connectivity index (χ0) is 13.8. The Morgan fingerprint density at radius 3 is 2.79 bits per heavy atom. The third kappa shape index (κ3) is 3.02. The summed E-state index contributed by atoms with van der Waals surface area (Å²) in [5, 5.41) is 0. The Morgan fingerprint density at radius 1 is 1.42 bits per heavy atom. The Balaban J connectivity index is 2.22. The molecule has 0 fully saturated rings. The summed E-state index contributed by atoms with van der Waals surface area (Å²) in [6.45, 7) is 4.22. The van der Waals surface area contributed by atoms with E-state index in [1.54, 1.807) is 19.5 Å². The summed E-state index contributed by atoms with van der Waals surface area (Å²) >= 11 is 0. The summed E-state index contributed by atoms with van der Waals surface area (Å²) < 4.78 is 6.84. The van der Waals surface area contributed by atoms with Gasteiger partial charge in [0.05, 0.1) is 13.5 Å². The third-order valence-electron chi connectivity index (χ3n) is 3.06. The molecule has 0 saturated carbocycles. The van der Waals surface area contributed by atoms with Crippen LogP contribution < -0.4 is 4.74 Å². The fraction of sp³-hybridized carbons (Fsp3) is 0.333. The number of ether oxygens (including phenoxy) is 1. The van der Waals surface area contributed by atoms with Crippen molar-refractivity contribution in [2.24, 2.45) is 0 Å². The first-order valence-corrected chi connectivity index (χ1v) is 6.29. The molecule has 4 heteroatoms. The maximum atomic E-state index is 12.0. The van der Waals surface area contributed by atoms with Crippen LogP contribution in [0.2, 0.25) is 0 Å². The second kappa shape index (κ2) is 5.69. The molecule has 0 unspecified atom stereocenters. The fourth-order valence-electron chi connectivity index (χ4n) is 2.02. The number of hydrogen-bond donors (Lipinski definition) is 0. The van der Waals surface area contributed by atoms with Crippen LogP contribution in [0.4, 0.5) is 0 Å². The predicted octanol–water partition coefficient (Wildman–Crippen LogP) is 2.90. The lowest BCUT2D eigenvalue weighted by Gasteiger charge is -2.13. The van der Waals surface area contributed by atoms with Crippen LogP contribution in [-0.2, 0) is 6.42 Å². The van der Waals surface area contributed by atoms with Crippen LogP contribution in [0, 0.1) is 0 Å². The molecule has 0 bridgehead atoms. The number of carbonyl (C=O) groups excluding carboxylic acids is 1. The van der Waals surface area contributed by atoms with Gasteiger partial charge in [-0.25, -0.2) is 4.98 Å². The molecule has 0 spiro atoms. The number of benzene rings is 1.